The van der Waals surface area contributed by atoms with Crippen molar-refractivity contribution in [2.24, 2.45) is 5.92 Å². The van der Waals surface area contributed by atoms with Crippen LogP contribution in [0.5, 0.6) is 0 Å². The fourth-order valence-electron chi connectivity index (χ4n) is 3.33. The van der Waals surface area contributed by atoms with Crippen molar-refractivity contribution in [3.8, 4) is 0 Å². The van der Waals surface area contributed by atoms with Crippen LogP contribution in [0.15, 0.2) is 22.7 Å². The minimum atomic E-state index is -0.386. The number of rotatable bonds is 8. The molecule has 8 heteroatoms. The van der Waals surface area contributed by atoms with Gasteiger partial charge in [-0.1, -0.05) is 20.3 Å². The van der Waals surface area contributed by atoms with Crippen molar-refractivity contribution in [3.05, 3.63) is 35.5 Å². The van der Waals surface area contributed by atoms with Crippen LogP contribution in [0.2, 0.25) is 0 Å². The van der Waals surface area contributed by atoms with Gasteiger partial charge in [-0.05, 0) is 50.9 Å². The number of amides is 2. The first-order chi connectivity index (χ1) is 14.0. The molecular weight excluding hydrogens is 370 g/mol. The number of aromatic nitrogens is 2. The number of hydrogen-bond donors (Lipinski definition) is 2. The van der Waals surface area contributed by atoms with Crippen LogP contribution in [-0.2, 0) is 13.1 Å². The predicted octanol–water partition coefficient (Wildman–Crippen LogP) is 3.12. The Kier molecular flexibility index (Phi) is 7.09. The molecule has 0 aromatic carbocycles. The Balaban J connectivity index is 1.67. The molecule has 0 aliphatic carbocycles. The summed E-state index contributed by atoms with van der Waals surface area (Å²) in [6.07, 6.45) is 5.36. The van der Waals surface area contributed by atoms with E-state index in [9.17, 15) is 9.59 Å². The van der Waals surface area contributed by atoms with Gasteiger partial charge in [0.15, 0.2) is 11.5 Å². The highest BCUT2D eigenvalue weighted by molar-refractivity contribution is 6.07. The van der Waals surface area contributed by atoms with E-state index in [-0.39, 0.29) is 23.3 Å². The van der Waals surface area contributed by atoms with Crippen molar-refractivity contribution in [2.75, 3.05) is 25.0 Å². The molecule has 1 saturated heterocycles. The average Bonchev–Trinajstić information content (AvgIpc) is 3.34. The number of furan rings is 1. The summed E-state index contributed by atoms with van der Waals surface area (Å²) < 4.78 is 7.38. The molecule has 1 aliphatic heterocycles. The zero-order chi connectivity index (χ0) is 20.8. The maximum atomic E-state index is 12.7. The van der Waals surface area contributed by atoms with E-state index in [1.807, 2.05) is 26.8 Å². The van der Waals surface area contributed by atoms with Gasteiger partial charge in [0, 0.05) is 19.3 Å². The quantitative estimate of drug-likeness (QED) is 0.709. The molecule has 8 nitrogen and oxygen atoms in total. The number of likely N-dealkylation sites (tertiary alicyclic amines) is 1. The molecule has 29 heavy (non-hydrogen) atoms. The van der Waals surface area contributed by atoms with Crippen LogP contribution in [0.1, 0.15) is 66.8 Å². The largest absolute Gasteiger partial charge is 0.455 e. The van der Waals surface area contributed by atoms with Gasteiger partial charge in [-0.3, -0.25) is 19.2 Å². The van der Waals surface area contributed by atoms with Crippen LogP contribution in [0.4, 0.5) is 5.69 Å². The van der Waals surface area contributed by atoms with E-state index < -0.39 is 0 Å². The summed E-state index contributed by atoms with van der Waals surface area (Å²) in [6, 6.07) is 3.52. The lowest BCUT2D eigenvalue weighted by atomic mass is 10.1. The van der Waals surface area contributed by atoms with Crippen LogP contribution < -0.4 is 10.6 Å². The summed E-state index contributed by atoms with van der Waals surface area (Å²) in [4.78, 5) is 27.5. The monoisotopic (exact) mass is 401 g/mol. The second-order valence-corrected chi connectivity index (χ2v) is 7.91. The number of carbonyl (C=O) groups is 2. The van der Waals surface area contributed by atoms with Crippen molar-refractivity contribution in [2.45, 2.75) is 53.1 Å². The van der Waals surface area contributed by atoms with Gasteiger partial charge in [0.2, 0.25) is 0 Å². The molecule has 158 valence electrons. The Morgan fingerprint density at radius 1 is 1.17 bits per heavy atom. The van der Waals surface area contributed by atoms with E-state index in [1.165, 1.54) is 19.3 Å². The first kappa shape index (κ1) is 21.1. The summed E-state index contributed by atoms with van der Waals surface area (Å²) >= 11 is 0. The average molecular weight is 402 g/mol. The smallest absolute Gasteiger partial charge is 0.291 e. The van der Waals surface area contributed by atoms with Crippen molar-refractivity contribution in [1.82, 2.24) is 20.0 Å². The van der Waals surface area contributed by atoms with Crippen molar-refractivity contribution in [3.63, 3.8) is 0 Å². The topological polar surface area (TPSA) is 92.4 Å². The molecule has 2 aromatic rings. The third kappa shape index (κ3) is 5.69. The van der Waals surface area contributed by atoms with Crippen molar-refractivity contribution >= 4 is 17.5 Å². The van der Waals surface area contributed by atoms with Gasteiger partial charge in [-0.25, -0.2) is 0 Å². The second kappa shape index (κ2) is 9.73. The number of aryl methyl sites for hydroxylation is 1. The maximum Gasteiger partial charge on any atom is 0.291 e. The summed E-state index contributed by atoms with van der Waals surface area (Å²) in [5.41, 5.74) is 0.591. The molecule has 2 N–H and O–H groups in total. The lowest BCUT2D eigenvalue weighted by Gasteiger charge is -2.25. The molecule has 2 amide bonds. The third-order valence-corrected chi connectivity index (χ3v) is 4.93. The Hall–Kier alpha value is -2.61. The van der Waals surface area contributed by atoms with Crippen molar-refractivity contribution in [1.29, 1.82) is 0 Å². The predicted molar refractivity (Wildman–Crippen MR) is 111 cm³/mol. The van der Waals surface area contributed by atoms with Gasteiger partial charge in [-0.2, -0.15) is 5.10 Å². The van der Waals surface area contributed by atoms with Gasteiger partial charge >= 0.3 is 0 Å². The SMILES string of the molecule is CCn1cc(NC(=O)c2ccc(CN3CCCCC3)o2)c(C(=O)NCC(C)C)n1. The molecule has 1 aliphatic rings. The molecule has 0 atom stereocenters. The fourth-order valence-corrected chi connectivity index (χ4v) is 3.33. The molecule has 2 aromatic heterocycles. The Morgan fingerprint density at radius 2 is 1.93 bits per heavy atom. The number of nitrogens with one attached hydrogen (secondary N) is 2. The minimum Gasteiger partial charge on any atom is -0.455 e. The van der Waals surface area contributed by atoms with Crippen LogP contribution in [0.3, 0.4) is 0 Å². The molecule has 0 unspecified atom stereocenters. The first-order valence-electron chi connectivity index (χ1n) is 10.4. The number of nitrogens with zero attached hydrogens (tertiary/aromatic N) is 3. The normalized spacial score (nSPS) is 14.9. The number of anilines is 1. The maximum absolute atomic E-state index is 12.7. The van der Waals surface area contributed by atoms with Gasteiger partial charge in [-0.15, -0.1) is 0 Å². The Bertz CT molecular complexity index is 833. The van der Waals surface area contributed by atoms with Gasteiger partial charge in [0.05, 0.1) is 12.2 Å². The van der Waals surface area contributed by atoms with E-state index in [2.05, 4.69) is 20.6 Å². The van der Waals surface area contributed by atoms with E-state index >= 15 is 0 Å². The first-order valence-corrected chi connectivity index (χ1v) is 10.4. The highest BCUT2D eigenvalue weighted by atomic mass is 16.4. The lowest BCUT2D eigenvalue weighted by Crippen LogP contribution is -2.29. The van der Waals surface area contributed by atoms with E-state index in [1.54, 1.807) is 16.9 Å². The standard InChI is InChI=1S/C21H31N5O3/c1-4-26-14-17(19(24-26)21(28)22-12-15(2)3)23-20(27)18-9-8-16(29-18)13-25-10-6-5-7-11-25/h8-9,14-15H,4-7,10-13H2,1-3H3,(H,22,28)(H,23,27). The summed E-state index contributed by atoms with van der Waals surface area (Å²) in [7, 11) is 0. The number of carbonyl (C=O) groups excluding carboxylic acids is 2. The molecule has 0 saturated carbocycles. The second-order valence-electron chi connectivity index (χ2n) is 7.91. The zero-order valence-electron chi connectivity index (χ0n) is 17.5. The number of hydrogen-bond acceptors (Lipinski definition) is 5. The van der Waals surface area contributed by atoms with Crippen LogP contribution in [0.25, 0.3) is 0 Å². The summed E-state index contributed by atoms with van der Waals surface area (Å²) in [5.74, 6) is 0.646. The fraction of sp³-hybridized carbons (Fsp3) is 0.571. The molecule has 0 bridgehead atoms. The molecule has 0 spiro atoms. The van der Waals surface area contributed by atoms with E-state index in [0.29, 0.717) is 31.2 Å². The lowest BCUT2D eigenvalue weighted by molar-refractivity contribution is 0.0944. The van der Waals surface area contributed by atoms with Crippen LogP contribution >= 0.6 is 0 Å². The molecule has 3 heterocycles. The Morgan fingerprint density at radius 3 is 2.62 bits per heavy atom. The molecule has 3 rings (SSSR count). The van der Waals surface area contributed by atoms with Crippen LogP contribution in [0, 0.1) is 5.92 Å². The molecular formula is C21H31N5O3. The Labute approximate surface area is 171 Å². The highest BCUT2D eigenvalue weighted by Crippen LogP contribution is 2.18. The van der Waals surface area contributed by atoms with Gasteiger partial charge < -0.3 is 15.1 Å². The molecule has 1 fully saturated rings. The van der Waals surface area contributed by atoms with E-state index in [4.69, 9.17) is 4.42 Å². The number of piperidine rings is 1. The van der Waals surface area contributed by atoms with Crippen LogP contribution in [-0.4, -0.2) is 46.1 Å². The van der Waals surface area contributed by atoms with E-state index in [0.717, 1.165) is 18.8 Å². The van der Waals surface area contributed by atoms with Crippen molar-refractivity contribution < 1.29 is 14.0 Å². The summed E-state index contributed by atoms with van der Waals surface area (Å²) in [6.45, 7) is 9.95. The van der Waals surface area contributed by atoms with Gasteiger partial charge in [0.25, 0.3) is 11.8 Å². The minimum absolute atomic E-state index is 0.209. The molecule has 0 radical (unpaired) electrons. The highest BCUT2D eigenvalue weighted by Gasteiger charge is 2.21. The third-order valence-electron chi connectivity index (χ3n) is 4.93. The summed E-state index contributed by atoms with van der Waals surface area (Å²) in [5, 5.41) is 9.91. The van der Waals surface area contributed by atoms with Gasteiger partial charge in [0.1, 0.15) is 5.76 Å². The zero-order valence-corrected chi connectivity index (χ0v) is 17.5.